The highest BCUT2D eigenvalue weighted by Gasteiger charge is 2.39. The summed E-state index contributed by atoms with van der Waals surface area (Å²) in [7, 11) is 1.50. The van der Waals surface area contributed by atoms with Gasteiger partial charge in [0.2, 0.25) is 0 Å². The second-order valence-corrected chi connectivity index (χ2v) is 10.3. The fourth-order valence-corrected chi connectivity index (χ4v) is 5.92. The lowest BCUT2D eigenvalue weighted by Gasteiger charge is -2.42. The first-order chi connectivity index (χ1) is 18.6. The molecule has 12 heteroatoms. The van der Waals surface area contributed by atoms with Crippen LogP contribution in [0.4, 0.5) is 13.2 Å². The van der Waals surface area contributed by atoms with Gasteiger partial charge in [0.25, 0.3) is 5.91 Å². The minimum atomic E-state index is -4.72. The molecule has 206 valence electrons. The molecule has 1 aromatic carbocycles. The van der Waals surface area contributed by atoms with E-state index >= 15 is 0 Å². The number of aliphatic hydroxyl groups excluding tert-OH is 1. The molecule has 1 aliphatic rings. The molecular weight excluding hydrogens is 531 g/mol. The third-order valence-corrected chi connectivity index (χ3v) is 7.91. The fraction of sp³-hybridized carbons (Fsp3) is 0.370. The molecule has 0 radical (unpaired) electrons. The van der Waals surface area contributed by atoms with Gasteiger partial charge in [0.15, 0.2) is 11.3 Å². The number of carbonyl (C=O) groups is 1. The van der Waals surface area contributed by atoms with Crippen LogP contribution in [-0.4, -0.2) is 74.8 Å². The number of piperazine rings is 1. The van der Waals surface area contributed by atoms with Crippen LogP contribution in [-0.2, 0) is 6.18 Å². The number of aromatic nitrogens is 3. The van der Waals surface area contributed by atoms with Gasteiger partial charge >= 0.3 is 6.18 Å². The van der Waals surface area contributed by atoms with E-state index in [4.69, 9.17) is 4.74 Å². The Morgan fingerprint density at radius 2 is 1.97 bits per heavy atom. The Balaban J connectivity index is 1.50. The van der Waals surface area contributed by atoms with Gasteiger partial charge in [-0.05, 0) is 60.5 Å². The summed E-state index contributed by atoms with van der Waals surface area (Å²) in [5.74, 6) is 0.128. The molecule has 1 unspecified atom stereocenters. The first kappa shape index (κ1) is 27.1. The number of fused-ring (bicyclic) bond motifs is 1. The van der Waals surface area contributed by atoms with Gasteiger partial charge in [-0.25, -0.2) is 9.50 Å². The van der Waals surface area contributed by atoms with Crippen molar-refractivity contribution in [3.05, 3.63) is 69.7 Å². The summed E-state index contributed by atoms with van der Waals surface area (Å²) in [5.41, 5.74) is 0.390. The number of nitrogens with zero attached hydrogens (tertiary/aromatic N) is 5. The number of hydrogen-bond acceptors (Lipinski definition) is 7. The van der Waals surface area contributed by atoms with E-state index < -0.39 is 17.8 Å². The molecule has 0 saturated carbocycles. The van der Waals surface area contributed by atoms with Crippen LogP contribution in [0.2, 0.25) is 0 Å². The second-order valence-electron chi connectivity index (χ2n) is 9.55. The summed E-state index contributed by atoms with van der Waals surface area (Å²) in [6.45, 7) is 4.55. The van der Waals surface area contributed by atoms with Crippen molar-refractivity contribution in [1.82, 2.24) is 24.4 Å². The molecule has 0 spiro atoms. The topological polar surface area (TPSA) is 83.2 Å². The number of alkyl halides is 3. The summed E-state index contributed by atoms with van der Waals surface area (Å²) >= 11 is 1.55. The average molecular weight is 560 g/mol. The number of rotatable bonds is 6. The number of amides is 1. The summed E-state index contributed by atoms with van der Waals surface area (Å²) < 4.78 is 48.7. The van der Waals surface area contributed by atoms with Gasteiger partial charge in [0.05, 0.1) is 31.6 Å². The molecule has 39 heavy (non-hydrogen) atoms. The summed E-state index contributed by atoms with van der Waals surface area (Å²) in [6.07, 6.45) is -3.56. The Morgan fingerprint density at radius 3 is 2.56 bits per heavy atom. The third-order valence-electron chi connectivity index (χ3n) is 7.21. The van der Waals surface area contributed by atoms with Crippen molar-refractivity contribution in [3.8, 4) is 17.0 Å². The molecule has 1 N–H and O–H groups in total. The fourth-order valence-electron chi connectivity index (χ4n) is 5.21. The van der Waals surface area contributed by atoms with Gasteiger partial charge in [0, 0.05) is 36.8 Å². The molecule has 4 aromatic rings. The van der Waals surface area contributed by atoms with Gasteiger partial charge in [-0.2, -0.15) is 29.6 Å². The minimum Gasteiger partial charge on any atom is -0.497 e. The molecule has 3 aromatic heterocycles. The van der Waals surface area contributed by atoms with E-state index in [1.54, 1.807) is 40.5 Å². The number of ether oxygens (including phenoxy) is 1. The van der Waals surface area contributed by atoms with Crippen LogP contribution >= 0.6 is 11.3 Å². The first-order valence-electron chi connectivity index (χ1n) is 12.4. The standard InChI is InChI=1S/C27H28F3N5O3S/c1-16-13-33(22(14-36)19-8-11-39-15-19)9-10-34(16)26(37)21-12-31-35-24(27(28,29)30)17(2)23(32-25(21)35)18-4-6-20(38-3)7-5-18/h4-8,11-12,15-16,22,36H,9-10,13-14H2,1-3H3/t16-,22?/m1/s1. The van der Waals surface area contributed by atoms with Crippen LogP contribution in [0.15, 0.2) is 47.3 Å². The SMILES string of the molecule is COc1ccc(-c2nc3c(C(=O)N4CCN(C(CO)c5ccsc5)C[C@H]4C)cnn3c(C(F)(F)F)c2C)cc1. The average Bonchev–Trinajstić information content (AvgIpc) is 3.58. The maximum absolute atomic E-state index is 14.3. The minimum absolute atomic E-state index is 0.00658. The molecular formula is C27H28F3N5O3S. The molecule has 1 fully saturated rings. The Bertz CT molecular complexity index is 1470. The zero-order valence-electron chi connectivity index (χ0n) is 21.6. The van der Waals surface area contributed by atoms with Crippen molar-refractivity contribution in [3.63, 3.8) is 0 Å². The van der Waals surface area contributed by atoms with Gasteiger partial charge in [-0.3, -0.25) is 9.69 Å². The molecule has 0 aliphatic carbocycles. The Kier molecular flexibility index (Phi) is 7.36. The second kappa shape index (κ2) is 10.6. The zero-order chi connectivity index (χ0) is 27.9. The normalized spacial score (nSPS) is 17.5. The van der Waals surface area contributed by atoms with Crippen LogP contribution in [0.1, 0.15) is 40.1 Å². The van der Waals surface area contributed by atoms with E-state index in [-0.39, 0.29) is 41.2 Å². The number of carbonyl (C=O) groups excluding carboxylic acids is 1. The first-order valence-corrected chi connectivity index (χ1v) is 13.4. The third kappa shape index (κ3) is 4.99. The Labute approximate surface area is 227 Å². The number of aliphatic hydroxyl groups is 1. The van der Waals surface area contributed by atoms with Crippen molar-refractivity contribution in [2.24, 2.45) is 0 Å². The lowest BCUT2D eigenvalue weighted by molar-refractivity contribution is -0.143. The lowest BCUT2D eigenvalue weighted by atomic mass is 10.0. The van der Waals surface area contributed by atoms with Crippen LogP contribution in [0.25, 0.3) is 16.9 Å². The van der Waals surface area contributed by atoms with Gasteiger partial charge in [0.1, 0.15) is 11.3 Å². The summed E-state index contributed by atoms with van der Waals surface area (Å²) in [6, 6.07) is 8.10. The maximum atomic E-state index is 14.3. The van der Waals surface area contributed by atoms with E-state index in [1.165, 1.54) is 14.0 Å². The van der Waals surface area contributed by atoms with Crippen molar-refractivity contribution in [1.29, 1.82) is 0 Å². The number of benzene rings is 1. The number of halogens is 3. The van der Waals surface area contributed by atoms with Gasteiger partial charge in [-0.15, -0.1) is 0 Å². The molecule has 4 heterocycles. The van der Waals surface area contributed by atoms with Crippen molar-refractivity contribution >= 4 is 22.9 Å². The highest BCUT2D eigenvalue weighted by molar-refractivity contribution is 7.08. The molecule has 8 nitrogen and oxygen atoms in total. The predicted octanol–water partition coefficient (Wildman–Crippen LogP) is 4.67. The number of hydrogen-bond donors (Lipinski definition) is 1. The highest BCUT2D eigenvalue weighted by atomic mass is 32.1. The maximum Gasteiger partial charge on any atom is 0.433 e. The van der Waals surface area contributed by atoms with E-state index in [2.05, 4.69) is 15.0 Å². The van der Waals surface area contributed by atoms with Gasteiger partial charge < -0.3 is 14.7 Å². The van der Waals surface area contributed by atoms with Crippen LogP contribution < -0.4 is 4.74 Å². The van der Waals surface area contributed by atoms with Crippen molar-refractivity contribution < 1.29 is 27.8 Å². The predicted molar refractivity (Wildman–Crippen MR) is 141 cm³/mol. The summed E-state index contributed by atoms with van der Waals surface area (Å²) in [4.78, 5) is 22.0. The van der Waals surface area contributed by atoms with E-state index in [0.717, 1.165) is 16.3 Å². The number of methoxy groups -OCH3 is 1. The highest BCUT2D eigenvalue weighted by Crippen LogP contribution is 2.37. The largest absolute Gasteiger partial charge is 0.497 e. The molecule has 1 amide bonds. The molecule has 1 aliphatic heterocycles. The summed E-state index contributed by atoms with van der Waals surface area (Å²) in [5, 5.41) is 17.9. The van der Waals surface area contributed by atoms with E-state index in [1.807, 2.05) is 23.8 Å². The van der Waals surface area contributed by atoms with Gasteiger partial charge in [-0.1, -0.05) is 0 Å². The van der Waals surface area contributed by atoms with E-state index in [0.29, 0.717) is 30.9 Å². The Hall–Kier alpha value is -3.48. The van der Waals surface area contributed by atoms with Crippen molar-refractivity contribution in [2.45, 2.75) is 32.1 Å². The van der Waals surface area contributed by atoms with Crippen LogP contribution in [0.3, 0.4) is 0 Å². The zero-order valence-corrected chi connectivity index (χ0v) is 22.5. The van der Waals surface area contributed by atoms with Crippen LogP contribution in [0.5, 0.6) is 5.75 Å². The molecule has 2 atom stereocenters. The van der Waals surface area contributed by atoms with Crippen molar-refractivity contribution in [2.75, 3.05) is 33.4 Å². The Morgan fingerprint density at radius 1 is 1.23 bits per heavy atom. The molecule has 0 bridgehead atoms. The number of thiophene rings is 1. The quantitative estimate of drug-likeness (QED) is 0.370. The van der Waals surface area contributed by atoms with E-state index in [9.17, 15) is 23.1 Å². The molecule has 5 rings (SSSR count). The monoisotopic (exact) mass is 559 g/mol. The van der Waals surface area contributed by atoms with Crippen LogP contribution in [0, 0.1) is 6.92 Å². The molecule has 1 saturated heterocycles. The lowest BCUT2D eigenvalue weighted by Crippen LogP contribution is -2.55. The smallest absolute Gasteiger partial charge is 0.433 e.